The number of hydrogen-bond acceptors (Lipinski definition) is 4. The van der Waals surface area contributed by atoms with Gasteiger partial charge in [0.05, 0.1) is 0 Å². The number of hydrogen-bond donors (Lipinski definition) is 0. The highest BCUT2D eigenvalue weighted by Crippen LogP contribution is 2.63. The van der Waals surface area contributed by atoms with Crippen LogP contribution in [0.1, 0.15) is 65.7 Å². The van der Waals surface area contributed by atoms with Gasteiger partial charge in [-0.1, -0.05) is 19.4 Å². The van der Waals surface area contributed by atoms with Crippen LogP contribution in [-0.2, 0) is 19.1 Å². The molecule has 0 bridgehead atoms. The van der Waals surface area contributed by atoms with Crippen LogP contribution in [0.4, 0.5) is 0 Å². The van der Waals surface area contributed by atoms with Crippen LogP contribution in [0.25, 0.3) is 0 Å². The Hall–Kier alpha value is -1.45. The van der Waals surface area contributed by atoms with Crippen molar-refractivity contribution < 1.29 is 19.1 Å². The number of ketones is 2. The first-order chi connectivity index (χ1) is 11.8. The highest BCUT2D eigenvalue weighted by atomic mass is 16.5. The molecule has 3 saturated carbocycles. The molecule has 1 unspecified atom stereocenters. The smallest absolute Gasteiger partial charge is 0.302 e. The van der Waals surface area contributed by atoms with E-state index in [-0.39, 0.29) is 40.5 Å². The summed E-state index contributed by atoms with van der Waals surface area (Å²) in [5, 5.41) is 0. The van der Waals surface area contributed by atoms with Crippen molar-refractivity contribution >= 4 is 17.5 Å². The average Bonchev–Trinajstić information content (AvgIpc) is 2.84. The minimum atomic E-state index is -0.284. The molecule has 4 aliphatic carbocycles. The molecule has 136 valence electrons. The third-order valence-corrected chi connectivity index (χ3v) is 7.94. The quantitative estimate of drug-likeness (QED) is 0.682. The van der Waals surface area contributed by atoms with Gasteiger partial charge in [0.15, 0.2) is 5.78 Å². The van der Waals surface area contributed by atoms with E-state index in [1.807, 2.05) is 6.08 Å². The number of Topliss-reactive ketones (excluding diaryl/α,β-unsaturated/α-hetero) is 1. The fourth-order valence-corrected chi connectivity index (χ4v) is 6.48. The maximum atomic E-state index is 13.1. The lowest BCUT2D eigenvalue weighted by atomic mass is 9.48. The Balaban J connectivity index is 1.67. The van der Waals surface area contributed by atoms with E-state index >= 15 is 0 Å². The van der Waals surface area contributed by atoms with Crippen LogP contribution in [0, 0.1) is 28.6 Å². The maximum Gasteiger partial charge on any atom is 0.302 e. The SMILES string of the molecule is CC(=O)OC1CC[C@@]2(C)C(=CC(=O)[C@@H]3[C@@H]2CC[C@]2(C)C(=O)CC[C@@H]32)C1. The summed E-state index contributed by atoms with van der Waals surface area (Å²) in [5.74, 6) is 0.888. The first-order valence-corrected chi connectivity index (χ1v) is 9.71. The van der Waals surface area contributed by atoms with Gasteiger partial charge in [-0.2, -0.15) is 0 Å². The van der Waals surface area contributed by atoms with E-state index < -0.39 is 0 Å². The Morgan fingerprint density at radius 2 is 1.76 bits per heavy atom. The average molecular weight is 344 g/mol. The fraction of sp³-hybridized carbons (Fsp3) is 0.762. The predicted octanol–water partition coefficient (Wildman–Crippen LogP) is 3.63. The molecular weight excluding hydrogens is 316 g/mol. The van der Waals surface area contributed by atoms with Crippen LogP contribution >= 0.6 is 0 Å². The fourth-order valence-electron chi connectivity index (χ4n) is 6.48. The van der Waals surface area contributed by atoms with Crippen LogP contribution in [0.3, 0.4) is 0 Å². The second-order valence-electron chi connectivity index (χ2n) is 9.12. The Bertz CT molecular complexity index is 677. The number of esters is 1. The summed E-state index contributed by atoms with van der Waals surface area (Å²) in [4.78, 5) is 36.8. The van der Waals surface area contributed by atoms with Crippen molar-refractivity contribution in [2.24, 2.45) is 28.6 Å². The summed E-state index contributed by atoms with van der Waals surface area (Å²) in [6.45, 7) is 5.84. The van der Waals surface area contributed by atoms with E-state index in [1.54, 1.807) is 0 Å². The van der Waals surface area contributed by atoms with Gasteiger partial charge in [-0.15, -0.1) is 0 Å². The van der Waals surface area contributed by atoms with Gasteiger partial charge < -0.3 is 4.74 Å². The topological polar surface area (TPSA) is 60.4 Å². The van der Waals surface area contributed by atoms with Gasteiger partial charge in [0, 0.05) is 31.1 Å². The predicted molar refractivity (Wildman–Crippen MR) is 92.7 cm³/mol. The highest BCUT2D eigenvalue weighted by Gasteiger charge is 2.61. The Labute approximate surface area is 149 Å². The minimum absolute atomic E-state index is 0.00391. The van der Waals surface area contributed by atoms with Gasteiger partial charge in [-0.3, -0.25) is 14.4 Å². The second kappa shape index (κ2) is 5.52. The molecule has 4 nitrogen and oxygen atoms in total. The first-order valence-electron chi connectivity index (χ1n) is 9.71. The Morgan fingerprint density at radius 3 is 2.48 bits per heavy atom. The van der Waals surface area contributed by atoms with Crippen LogP contribution in [-0.4, -0.2) is 23.6 Å². The maximum absolute atomic E-state index is 13.1. The molecule has 4 heteroatoms. The second-order valence-corrected chi connectivity index (χ2v) is 9.12. The van der Waals surface area contributed by atoms with Gasteiger partial charge >= 0.3 is 5.97 Å². The summed E-state index contributed by atoms with van der Waals surface area (Å²) >= 11 is 0. The zero-order valence-corrected chi connectivity index (χ0v) is 15.5. The lowest BCUT2D eigenvalue weighted by Crippen LogP contribution is -2.53. The minimum Gasteiger partial charge on any atom is -0.462 e. The third-order valence-electron chi connectivity index (χ3n) is 7.94. The molecule has 25 heavy (non-hydrogen) atoms. The normalized spacial score (nSPS) is 46.0. The van der Waals surface area contributed by atoms with E-state index in [0.29, 0.717) is 24.5 Å². The lowest BCUT2D eigenvalue weighted by molar-refractivity contribution is -0.149. The van der Waals surface area contributed by atoms with E-state index in [4.69, 9.17) is 4.74 Å². The summed E-state index contributed by atoms with van der Waals surface area (Å²) in [5.41, 5.74) is 0.902. The zero-order valence-electron chi connectivity index (χ0n) is 15.5. The molecule has 4 rings (SSSR count). The van der Waals surface area contributed by atoms with Crippen molar-refractivity contribution in [2.45, 2.75) is 71.8 Å². The van der Waals surface area contributed by atoms with E-state index in [0.717, 1.165) is 32.1 Å². The Kier molecular flexibility index (Phi) is 3.75. The molecule has 0 aromatic heterocycles. The molecular formula is C21H28O4. The van der Waals surface area contributed by atoms with Crippen LogP contribution in [0.5, 0.6) is 0 Å². The standard InChI is InChI=1S/C21H28O4/c1-12(22)25-14-6-8-20(2)13(10-14)11-17(23)19-15-4-5-18(24)21(15,3)9-7-16(19)20/h11,14-16,19H,4-10H2,1-3H3/t14?,15-,16-,19-,20-,21-/m0/s1. The Morgan fingerprint density at radius 1 is 1.08 bits per heavy atom. The number of carbonyl (C=O) groups is 3. The summed E-state index contributed by atoms with van der Waals surface area (Å²) in [6, 6.07) is 0. The largest absolute Gasteiger partial charge is 0.462 e. The van der Waals surface area contributed by atoms with E-state index in [2.05, 4.69) is 13.8 Å². The number of fused-ring (bicyclic) bond motifs is 5. The van der Waals surface area contributed by atoms with Crippen molar-refractivity contribution in [1.82, 2.24) is 0 Å². The molecule has 0 aromatic carbocycles. The van der Waals surface area contributed by atoms with Crippen molar-refractivity contribution in [2.75, 3.05) is 0 Å². The molecule has 4 aliphatic rings. The van der Waals surface area contributed by atoms with E-state index in [1.165, 1.54) is 12.5 Å². The van der Waals surface area contributed by atoms with Gasteiger partial charge in [0.2, 0.25) is 0 Å². The van der Waals surface area contributed by atoms with Gasteiger partial charge in [0.1, 0.15) is 11.9 Å². The monoisotopic (exact) mass is 344 g/mol. The molecule has 0 aliphatic heterocycles. The highest BCUT2D eigenvalue weighted by molar-refractivity contribution is 5.96. The first kappa shape index (κ1) is 17.0. The zero-order chi connectivity index (χ0) is 18.0. The number of allylic oxidation sites excluding steroid dienone is 1. The molecule has 6 atom stereocenters. The molecule has 0 aromatic rings. The summed E-state index contributed by atoms with van der Waals surface area (Å²) < 4.78 is 5.42. The van der Waals surface area contributed by atoms with Gasteiger partial charge in [-0.05, 0) is 55.4 Å². The summed E-state index contributed by atoms with van der Waals surface area (Å²) in [7, 11) is 0. The molecule has 0 N–H and O–H groups in total. The molecule has 0 radical (unpaired) electrons. The van der Waals surface area contributed by atoms with Crippen molar-refractivity contribution in [1.29, 1.82) is 0 Å². The van der Waals surface area contributed by atoms with Crippen molar-refractivity contribution in [3.8, 4) is 0 Å². The molecule has 0 spiro atoms. The molecule has 0 amide bonds. The lowest BCUT2D eigenvalue weighted by Gasteiger charge is -2.55. The van der Waals surface area contributed by atoms with Crippen LogP contribution in [0.2, 0.25) is 0 Å². The molecule has 0 saturated heterocycles. The number of carbonyl (C=O) groups excluding carboxylic acids is 3. The molecule has 3 fully saturated rings. The number of ether oxygens (including phenoxy) is 1. The molecule has 0 heterocycles. The van der Waals surface area contributed by atoms with Crippen LogP contribution in [0.15, 0.2) is 11.6 Å². The van der Waals surface area contributed by atoms with Crippen molar-refractivity contribution in [3.05, 3.63) is 11.6 Å². The van der Waals surface area contributed by atoms with E-state index in [9.17, 15) is 14.4 Å². The number of rotatable bonds is 1. The van der Waals surface area contributed by atoms with Crippen molar-refractivity contribution in [3.63, 3.8) is 0 Å². The van der Waals surface area contributed by atoms with Crippen LogP contribution < -0.4 is 0 Å². The van der Waals surface area contributed by atoms with Gasteiger partial charge in [-0.25, -0.2) is 0 Å². The third kappa shape index (κ3) is 2.36. The summed E-state index contributed by atoms with van der Waals surface area (Å²) in [6.07, 6.45) is 7.66. The van der Waals surface area contributed by atoms with Gasteiger partial charge in [0.25, 0.3) is 0 Å².